The smallest absolute Gasteiger partial charge is 0.0842 e. The van der Waals surface area contributed by atoms with Gasteiger partial charge in [0.1, 0.15) is 0 Å². The molecule has 0 fully saturated rings. The molecule has 0 radical (unpaired) electrons. The molecule has 0 unspecified atom stereocenters. The van der Waals surface area contributed by atoms with Crippen LogP contribution in [0.25, 0.3) is 10.2 Å². The van der Waals surface area contributed by atoms with Gasteiger partial charge in [-0.2, -0.15) is 0 Å². The molecule has 0 aromatic carbocycles. The molecule has 19 heavy (non-hydrogen) atoms. The molecule has 96 valence electrons. The highest BCUT2D eigenvalue weighted by molar-refractivity contribution is 9.10. The third kappa shape index (κ3) is 2.56. The number of halogens is 1. The molecule has 0 amide bonds. The first kappa shape index (κ1) is 12.8. The van der Waals surface area contributed by atoms with E-state index in [4.69, 9.17) is 0 Å². The molecule has 3 rings (SSSR count). The van der Waals surface area contributed by atoms with Crippen molar-refractivity contribution in [1.82, 2.24) is 4.57 Å². The van der Waals surface area contributed by atoms with E-state index in [1.807, 2.05) is 11.3 Å². The lowest BCUT2D eigenvalue weighted by Crippen LogP contribution is -1.93. The molecule has 0 atom stereocenters. The van der Waals surface area contributed by atoms with Crippen molar-refractivity contribution in [2.24, 2.45) is 0 Å². The maximum absolute atomic E-state index is 3.67. The van der Waals surface area contributed by atoms with Crippen LogP contribution in [0.1, 0.15) is 17.7 Å². The number of aryl methyl sites for hydroxylation is 1. The van der Waals surface area contributed by atoms with Crippen LogP contribution in [-0.2, 0) is 6.54 Å². The summed E-state index contributed by atoms with van der Waals surface area (Å²) in [6.45, 7) is 2.88. The third-order valence-electron chi connectivity index (χ3n) is 3.18. The van der Waals surface area contributed by atoms with Crippen molar-refractivity contribution in [2.45, 2.75) is 26.3 Å². The average Bonchev–Trinajstić information content (AvgIpc) is 2.93. The summed E-state index contributed by atoms with van der Waals surface area (Å²) in [5.74, 6) is 6.51. The summed E-state index contributed by atoms with van der Waals surface area (Å²) in [4.78, 5) is 1.32. The fraction of sp³-hybridized carbons (Fsp3) is 0.250. The minimum absolute atomic E-state index is 0.740. The van der Waals surface area contributed by atoms with Gasteiger partial charge < -0.3 is 4.57 Å². The summed E-state index contributed by atoms with van der Waals surface area (Å²) < 4.78 is 4.74. The highest BCUT2D eigenvalue weighted by Crippen LogP contribution is 2.35. The van der Waals surface area contributed by atoms with Crippen LogP contribution in [-0.4, -0.2) is 4.57 Å². The SMILES string of the molecule is Cc1sc2ccn(CC#CC3=CCCC=C3)c2c1Br. The average molecular weight is 332 g/mol. The molecule has 0 bridgehead atoms. The zero-order chi connectivity index (χ0) is 13.2. The van der Waals surface area contributed by atoms with Crippen LogP contribution in [0.2, 0.25) is 0 Å². The Morgan fingerprint density at radius 3 is 3.11 bits per heavy atom. The lowest BCUT2D eigenvalue weighted by molar-refractivity contribution is 0.884. The van der Waals surface area contributed by atoms with Gasteiger partial charge in [-0.05, 0) is 41.8 Å². The van der Waals surface area contributed by atoms with Crippen LogP contribution < -0.4 is 0 Å². The number of aromatic nitrogens is 1. The minimum Gasteiger partial charge on any atom is -0.334 e. The van der Waals surface area contributed by atoms with Crippen molar-refractivity contribution in [3.63, 3.8) is 0 Å². The van der Waals surface area contributed by atoms with Crippen LogP contribution in [0.3, 0.4) is 0 Å². The Balaban J connectivity index is 1.84. The fourth-order valence-corrected chi connectivity index (χ4v) is 3.99. The third-order valence-corrected chi connectivity index (χ3v) is 5.48. The Hall–Kier alpha value is -1.24. The van der Waals surface area contributed by atoms with Gasteiger partial charge in [0.25, 0.3) is 0 Å². The molecule has 0 N–H and O–H groups in total. The van der Waals surface area contributed by atoms with Gasteiger partial charge in [-0.25, -0.2) is 0 Å². The van der Waals surface area contributed by atoms with Crippen LogP contribution in [0.5, 0.6) is 0 Å². The summed E-state index contributed by atoms with van der Waals surface area (Å²) in [7, 11) is 0. The lowest BCUT2D eigenvalue weighted by atomic mass is 10.1. The van der Waals surface area contributed by atoms with Gasteiger partial charge in [0.05, 0.1) is 21.2 Å². The number of hydrogen-bond acceptors (Lipinski definition) is 1. The molecular weight excluding hydrogens is 318 g/mol. The predicted molar refractivity (Wildman–Crippen MR) is 86.5 cm³/mol. The highest BCUT2D eigenvalue weighted by atomic mass is 79.9. The van der Waals surface area contributed by atoms with Crippen LogP contribution in [0.4, 0.5) is 0 Å². The van der Waals surface area contributed by atoms with Crippen LogP contribution in [0.15, 0.2) is 40.5 Å². The second kappa shape index (κ2) is 5.40. The zero-order valence-corrected chi connectivity index (χ0v) is 13.1. The van der Waals surface area contributed by atoms with E-state index in [1.165, 1.54) is 19.6 Å². The van der Waals surface area contributed by atoms with Crippen molar-refractivity contribution >= 4 is 37.5 Å². The molecule has 0 spiro atoms. The number of allylic oxidation sites excluding steroid dienone is 4. The summed E-state index contributed by atoms with van der Waals surface area (Å²) in [6, 6.07) is 2.17. The number of thiophene rings is 1. The van der Waals surface area contributed by atoms with Crippen molar-refractivity contribution in [3.8, 4) is 11.8 Å². The van der Waals surface area contributed by atoms with E-state index in [1.54, 1.807) is 0 Å². The first-order valence-corrected chi connectivity index (χ1v) is 7.96. The number of rotatable bonds is 1. The Morgan fingerprint density at radius 2 is 2.32 bits per heavy atom. The van der Waals surface area contributed by atoms with E-state index < -0.39 is 0 Å². The van der Waals surface area contributed by atoms with Gasteiger partial charge in [0.15, 0.2) is 0 Å². The second-order valence-electron chi connectivity index (χ2n) is 4.57. The highest BCUT2D eigenvalue weighted by Gasteiger charge is 2.10. The molecule has 1 nitrogen and oxygen atoms in total. The summed E-state index contributed by atoms with van der Waals surface area (Å²) in [5.41, 5.74) is 2.42. The molecule has 0 saturated carbocycles. The number of nitrogens with zero attached hydrogens (tertiary/aromatic N) is 1. The van der Waals surface area contributed by atoms with E-state index in [0.717, 1.165) is 25.0 Å². The number of hydrogen-bond donors (Lipinski definition) is 0. The maximum Gasteiger partial charge on any atom is 0.0842 e. The molecular formula is C16H14BrNS. The molecule has 0 aliphatic heterocycles. The van der Waals surface area contributed by atoms with Crippen molar-refractivity contribution in [3.05, 3.63) is 45.4 Å². The molecule has 0 saturated heterocycles. The molecule has 2 aromatic rings. The van der Waals surface area contributed by atoms with E-state index in [-0.39, 0.29) is 0 Å². The van der Waals surface area contributed by atoms with Crippen LogP contribution >= 0.6 is 27.3 Å². The molecule has 1 aliphatic carbocycles. The van der Waals surface area contributed by atoms with E-state index >= 15 is 0 Å². The van der Waals surface area contributed by atoms with Crippen molar-refractivity contribution in [2.75, 3.05) is 0 Å². The molecule has 2 heterocycles. The molecule has 1 aliphatic rings. The maximum atomic E-state index is 3.67. The first-order chi connectivity index (χ1) is 9.25. The van der Waals surface area contributed by atoms with Crippen molar-refractivity contribution in [1.29, 1.82) is 0 Å². The van der Waals surface area contributed by atoms with Crippen LogP contribution in [0, 0.1) is 18.8 Å². The first-order valence-electron chi connectivity index (χ1n) is 6.35. The van der Waals surface area contributed by atoms with E-state index in [2.05, 4.69) is 69.8 Å². The van der Waals surface area contributed by atoms with Gasteiger partial charge in [-0.3, -0.25) is 0 Å². The predicted octanol–water partition coefficient (Wildman–Crippen LogP) is 5.05. The monoisotopic (exact) mass is 331 g/mol. The van der Waals surface area contributed by atoms with E-state index in [9.17, 15) is 0 Å². The molecule has 3 heteroatoms. The Kier molecular flexibility index (Phi) is 3.63. The standard InChI is InChI=1S/C16H14BrNS/c1-12-15(17)16-14(19-12)9-11-18(16)10-5-8-13-6-3-2-4-7-13/h3,6-7,9,11H,2,4,10H2,1H3. The minimum atomic E-state index is 0.740. The van der Waals surface area contributed by atoms with Gasteiger partial charge in [-0.1, -0.05) is 30.1 Å². The quantitative estimate of drug-likeness (QED) is 0.644. The Morgan fingerprint density at radius 1 is 1.42 bits per heavy atom. The lowest BCUT2D eigenvalue weighted by Gasteiger charge is -2.00. The Bertz CT molecular complexity index is 734. The topological polar surface area (TPSA) is 4.93 Å². The van der Waals surface area contributed by atoms with Crippen molar-refractivity contribution < 1.29 is 0 Å². The second-order valence-corrected chi connectivity index (χ2v) is 6.62. The van der Waals surface area contributed by atoms with Gasteiger partial charge >= 0.3 is 0 Å². The normalized spacial score (nSPS) is 14.3. The van der Waals surface area contributed by atoms with Gasteiger partial charge in [0, 0.05) is 16.6 Å². The zero-order valence-electron chi connectivity index (χ0n) is 10.7. The van der Waals surface area contributed by atoms with Gasteiger partial charge in [0.2, 0.25) is 0 Å². The summed E-state index contributed by atoms with van der Waals surface area (Å²) in [5, 5.41) is 0. The molecule has 2 aromatic heterocycles. The Labute approximate surface area is 125 Å². The number of fused-ring (bicyclic) bond motifs is 1. The van der Waals surface area contributed by atoms with E-state index in [0.29, 0.717) is 0 Å². The largest absolute Gasteiger partial charge is 0.334 e. The summed E-state index contributed by atoms with van der Waals surface area (Å²) >= 11 is 5.49. The fourth-order valence-electron chi connectivity index (χ4n) is 2.21. The summed E-state index contributed by atoms with van der Waals surface area (Å²) in [6.07, 6.45) is 10.9. The van der Waals surface area contributed by atoms with Gasteiger partial charge in [-0.15, -0.1) is 11.3 Å².